The third-order valence-electron chi connectivity index (χ3n) is 2.06. The molecule has 0 spiro atoms. The Morgan fingerprint density at radius 3 is 2.83 bits per heavy atom. The van der Waals surface area contributed by atoms with E-state index in [0.717, 1.165) is 19.5 Å². The lowest BCUT2D eigenvalue weighted by Gasteiger charge is -2.03. The molecular weight excluding hydrogens is 154 g/mol. The van der Waals surface area contributed by atoms with Gasteiger partial charge in [0.15, 0.2) is 0 Å². The Kier molecular flexibility index (Phi) is 3.53. The van der Waals surface area contributed by atoms with E-state index < -0.39 is 0 Å². The van der Waals surface area contributed by atoms with E-state index in [-0.39, 0.29) is 5.97 Å². The third kappa shape index (κ3) is 3.22. The van der Waals surface area contributed by atoms with Crippen molar-refractivity contribution in [2.45, 2.75) is 32.7 Å². The van der Waals surface area contributed by atoms with Crippen LogP contribution in [-0.2, 0) is 9.53 Å². The number of esters is 1. The van der Waals surface area contributed by atoms with Crippen molar-refractivity contribution in [1.29, 1.82) is 0 Å². The first-order valence-electron chi connectivity index (χ1n) is 4.63. The quantitative estimate of drug-likeness (QED) is 0.457. The number of ether oxygens (including phenoxy) is 1. The van der Waals surface area contributed by atoms with Gasteiger partial charge in [0.25, 0.3) is 0 Å². The number of rotatable bonds is 5. The second-order valence-electron chi connectivity index (χ2n) is 3.31. The summed E-state index contributed by atoms with van der Waals surface area (Å²) in [5, 5.41) is 0. The highest BCUT2D eigenvalue weighted by Crippen LogP contribution is 2.15. The summed E-state index contributed by atoms with van der Waals surface area (Å²) in [4.78, 5) is 13.2. The highest BCUT2D eigenvalue weighted by Gasteiger charge is 2.28. The summed E-state index contributed by atoms with van der Waals surface area (Å²) in [7, 11) is 0. The standard InChI is InChI=1S/C9H17NO2/c1-3-6-12-9(11)4-5-10-7-8(10)2/h8H,3-7H2,1-2H3. The Balaban J connectivity index is 1.95. The molecule has 70 valence electrons. The maximum absolute atomic E-state index is 11.0. The van der Waals surface area contributed by atoms with Crippen LogP contribution in [-0.4, -0.2) is 36.6 Å². The summed E-state index contributed by atoms with van der Waals surface area (Å²) < 4.78 is 4.94. The van der Waals surface area contributed by atoms with Crippen molar-refractivity contribution in [3.8, 4) is 0 Å². The van der Waals surface area contributed by atoms with Crippen molar-refractivity contribution in [3.63, 3.8) is 0 Å². The lowest BCUT2D eigenvalue weighted by atomic mass is 10.4. The van der Waals surface area contributed by atoms with E-state index >= 15 is 0 Å². The van der Waals surface area contributed by atoms with Crippen LogP contribution < -0.4 is 0 Å². The second kappa shape index (κ2) is 4.45. The molecule has 0 saturated carbocycles. The molecule has 1 aliphatic rings. The van der Waals surface area contributed by atoms with Gasteiger partial charge in [-0.25, -0.2) is 0 Å². The van der Waals surface area contributed by atoms with E-state index in [1.807, 2.05) is 6.92 Å². The minimum Gasteiger partial charge on any atom is -0.466 e. The Morgan fingerprint density at radius 2 is 2.33 bits per heavy atom. The fourth-order valence-electron chi connectivity index (χ4n) is 1.13. The third-order valence-corrected chi connectivity index (χ3v) is 2.06. The van der Waals surface area contributed by atoms with Gasteiger partial charge in [0.1, 0.15) is 0 Å². The van der Waals surface area contributed by atoms with Gasteiger partial charge in [-0.15, -0.1) is 0 Å². The molecule has 0 aromatic heterocycles. The van der Waals surface area contributed by atoms with Gasteiger partial charge >= 0.3 is 5.97 Å². The van der Waals surface area contributed by atoms with Crippen molar-refractivity contribution < 1.29 is 9.53 Å². The monoisotopic (exact) mass is 171 g/mol. The molecule has 1 saturated heterocycles. The highest BCUT2D eigenvalue weighted by atomic mass is 16.5. The van der Waals surface area contributed by atoms with Crippen molar-refractivity contribution >= 4 is 5.97 Å². The molecule has 12 heavy (non-hydrogen) atoms. The predicted molar refractivity (Wildman–Crippen MR) is 46.9 cm³/mol. The molecule has 3 nitrogen and oxygen atoms in total. The molecule has 1 heterocycles. The molecule has 1 fully saturated rings. The van der Waals surface area contributed by atoms with Gasteiger partial charge in [-0.2, -0.15) is 0 Å². The van der Waals surface area contributed by atoms with Crippen LogP contribution in [0.1, 0.15) is 26.7 Å². The summed E-state index contributed by atoms with van der Waals surface area (Å²) >= 11 is 0. The number of carbonyl (C=O) groups is 1. The van der Waals surface area contributed by atoms with Crippen LogP contribution in [0.4, 0.5) is 0 Å². The van der Waals surface area contributed by atoms with Gasteiger partial charge < -0.3 is 4.74 Å². The normalized spacial score (nSPS) is 26.8. The summed E-state index contributed by atoms with van der Waals surface area (Å²) in [6, 6.07) is 0.684. The molecule has 0 amide bonds. The van der Waals surface area contributed by atoms with Gasteiger partial charge in [-0.05, 0) is 13.3 Å². The van der Waals surface area contributed by atoms with Crippen LogP contribution in [0.5, 0.6) is 0 Å². The lowest BCUT2D eigenvalue weighted by Crippen LogP contribution is -2.12. The zero-order chi connectivity index (χ0) is 8.97. The second-order valence-corrected chi connectivity index (χ2v) is 3.31. The van der Waals surface area contributed by atoms with Crippen LogP contribution in [0.25, 0.3) is 0 Å². The predicted octanol–water partition coefficient (Wildman–Crippen LogP) is 1.03. The Hall–Kier alpha value is -0.570. The molecule has 0 N–H and O–H groups in total. The molecule has 0 aliphatic carbocycles. The van der Waals surface area contributed by atoms with Crippen molar-refractivity contribution in [2.75, 3.05) is 19.7 Å². The van der Waals surface area contributed by atoms with E-state index in [9.17, 15) is 4.79 Å². The van der Waals surface area contributed by atoms with Gasteiger partial charge in [0, 0.05) is 19.1 Å². The van der Waals surface area contributed by atoms with E-state index in [0.29, 0.717) is 19.1 Å². The molecule has 0 radical (unpaired) electrons. The molecular formula is C9H17NO2. The van der Waals surface area contributed by atoms with Crippen molar-refractivity contribution in [1.82, 2.24) is 4.90 Å². The van der Waals surface area contributed by atoms with Crippen molar-refractivity contribution in [2.24, 2.45) is 0 Å². The van der Waals surface area contributed by atoms with Crippen LogP contribution in [0.2, 0.25) is 0 Å². The minimum atomic E-state index is -0.0593. The van der Waals surface area contributed by atoms with E-state index in [1.165, 1.54) is 0 Å². The number of hydrogen-bond acceptors (Lipinski definition) is 3. The number of hydrogen-bond donors (Lipinski definition) is 0. The first-order chi connectivity index (χ1) is 5.74. The zero-order valence-corrected chi connectivity index (χ0v) is 7.88. The summed E-state index contributed by atoms with van der Waals surface area (Å²) in [5.41, 5.74) is 0. The molecule has 0 aromatic rings. The average Bonchev–Trinajstić information content (AvgIpc) is 2.75. The smallest absolute Gasteiger partial charge is 0.307 e. The molecule has 2 unspecified atom stereocenters. The van der Waals surface area contributed by atoms with E-state index in [2.05, 4.69) is 11.8 Å². The Bertz CT molecular complexity index is 159. The zero-order valence-electron chi connectivity index (χ0n) is 7.88. The molecule has 1 rings (SSSR count). The molecule has 3 heteroatoms. The van der Waals surface area contributed by atoms with Crippen LogP contribution >= 0.6 is 0 Å². The fourth-order valence-corrected chi connectivity index (χ4v) is 1.13. The molecule has 0 bridgehead atoms. The Morgan fingerprint density at radius 1 is 1.67 bits per heavy atom. The van der Waals surface area contributed by atoms with E-state index in [4.69, 9.17) is 4.74 Å². The van der Waals surface area contributed by atoms with Crippen molar-refractivity contribution in [3.05, 3.63) is 0 Å². The first kappa shape index (κ1) is 9.52. The van der Waals surface area contributed by atoms with Gasteiger partial charge in [0.05, 0.1) is 13.0 Å². The summed E-state index contributed by atoms with van der Waals surface area (Å²) in [5.74, 6) is -0.0593. The van der Waals surface area contributed by atoms with E-state index in [1.54, 1.807) is 0 Å². The molecule has 2 atom stereocenters. The SMILES string of the molecule is CCCOC(=O)CCN1CC1C. The summed E-state index contributed by atoms with van der Waals surface area (Å²) in [6.45, 7) is 6.73. The van der Waals surface area contributed by atoms with Crippen LogP contribution in [0.3, 0.4) is 0 Å². The number of nitrogens with zero attached hydrogens (tertiary/aromatic N) is 1. The van der Waals surface area contributed by atoms with Crippen LogP contribution in [0.15, 0.2) is 0 Å². The van der Waals surface area contributed by atoms with Gasteiger partial charge in [0.2, 0.25) is 0 Å². The lowest BCUT2D eigenvalue weighted by molar-refractivity contribution is -0.143. The minimum absolute atomic E-state index is 0.0593. The van der Waals surface area contributed by atoms with Crippen LogP contribution in [0, 0.1) is 0 Å². The highest BCUT2D eigenvalue weighted by molar-refractivity contribution is 5.69. The van der Waals surface area contributed by atoms with Gasteiger partial charge in [-0.3, -0.25) is 9.69 Å². The molecule has 0 aromatic carbocycles. The summed E-state index contributed by atoms with van der Waals surface area (Å²) in [6.07, 6.45) is 1.45. The Labute approximate surface area is 73.7 Å². The largest absolute Gasteiger partial charge is 0.466 e. The molecule has 1 aliphatic heterocycles. The van der Waals surface area contributed by atoms with Gasteiger partial charge in [-0.1, -0.05) is 6.92 Å². The number of carbonyl (C=O) groups excluding carboxylic acids is 1. The topological polar surface area (TPSA) is 29.3 Å². The first-order valence-corrected chi connectivity index (χ1v) is 4.63. The average molecular weight is 171 g/mol. The maximum Gasteiger partial charge on any atom is 0.307 e. The fraction of sp³-hybridized carbons (Fsp3) is 0.889. The maximum atomic E-state index is 11.0.